The molecule has 0 bridgehead atoms. The van der Waals surface area contributed by atoms with Gasteiger partial charge in [-0.1, -0.05) is 18.1 Å². The van der Waals surface area contributed by atoms with Gasteiger partial charge in [0.15, 0.2) is 5.82 Å². The van der Waals surface area contributed by atoms with Gasteiger partial charge in [0, 0.05) is 12.5 Å². The van der Waals surface area contributed by atoms with Crippen LogP contribution in [0.5, 0.6) is 0 Å². The molecule has 20 heavy (non-hydrogen) atoms. The van der Waals surface area contributed by atoms with Crippen LogP contribution in [0.1, 0.15) is 43.5 Å². The molecule has 1 N–H and O–H groups in total. The van der Waals surface area contributed by atoms with Gasteiger partial charge in [-0.05, 0) is 25.0 Å². The number of nitrogens with zero attached hydrogens (tertiary/aromatic N) is 2. The highest BCUT2D eigenvalue weighted by Crippen LogP contribution is 2.22. The van der Waals surface area contributed by atoms with E-state index < -0.39 is 17.7 Å². The monoisotopic (exact) mass is 282 g/mol. The summed E-state index contributed by atoms with van der Waals surface area (Å²) in [4.78, 5) is 4.16. The summed E-state index contributed by atoms with van der Waals surface area (Å²) >= 11 is 0. The average molecular weight is 282 g/mol. The minimum Gasteiger partial charge on any atom is -0.393 e. The van der Waals surface area contributed by atoms with E-state index in [1.54, 1.807) is 6.92 Å². The Morgan fingerprint density at radius 2 is 2.10 bits per heavy atom. The van der Waals surface area contributed by atoms with Gasteiger partial charge in [-0.3, -0.25) is 0 Å². The molecule has 2 aromatic rings. The molecule has 2 rings (SSSR count). The van der Waals surface area contributed by atoms with Crippen molar-refractivity contribution in [1.82, 2.24) is 10.1 Å². The molecule has 0 spiro atoms. The van der Waals surface area contributed by atoms with Crippen molar-refractivity contribution in [2.75, 3.05) is 0 Å². The molecule has 0 amide bonds. The maximum absolute atomic E-state index is 13.5. The third-order valence-corrected chi connectivity index (χ3v) is 3.19. The topological polar surface area (TPSA) is 59.2 Å². The Labute approximate surface area is 115 Å². The molecule has 2 atom stereocenters. The Balaban J connectivity index is 2.17. The van der Waals surface area contributed by atoms with Gasteiger partial charge in [0.2, 0.25) is 5.89 Å². The van der Waals surface area contributed by atoms with Gasteiger partial charge in [0.1, 0.15) is 11.6 Å². The summed E-state index contributed by atoms with van der Waals surface area (Å²) in [5.74, 6) is -0.863. The van der Waals surface area contributed by atoms with Crippen LogP contribution in [0.15, 0.2) is 22.7 Å². The molecule has 1 heterocycles. The molecule has 4 nitrogen and oxygen atoms in total. The number of aliphatic hydroxyl groups excluding tert-OH is 1. The van der Waals surface area contributed by atoms with Crippen LogP contribution in [0.3, 0.4) is 0 Å². The quantitative estimate of drug-likeness (QED) is 0.916. The highest BCUT2D eigenvalue weighted by Gasteiger charge is 2.22. The van der Waals surface area contributed by atoms with Gasteiger partial charge < -0.3 is 9.63 Å². The SMILES string of the molecule is CCC(c1nc(Cc2ccc(F)cc2F)no1)C(C)O. The third kappa shape index (κ3) is 3.19. The van der Waals surface area contributed by atoms with Crippen molar-refractivity contribution < 1.29 is 18.4 Å². The Bertz CT molecular complexity index is 584. The largest absolute Gasteiger partial charge is 0.393 e. The number of halogens is 2. The lowest BCUT2D eigenvalue weighted by Crippen LogP contribution is -2.14. The van der Waals surface area contributed by atoms with Crippen molar-refractivity contribution in [2.45, 2.75) is 38.7 Å². The third-order valence-electron chi connectivity index (χ3n) is 3.19. The first-order chi connectivity index (χ1) is 9.51. The molecule has 0 radical (unpaired) electrons. The standard InChI is InChI=1S/C14H16F2N2O2/c1-3-11(8(2)19)14-17-13(18-20-14)6-9-4-5-10(15)7-12(9)16/h4-5,7-8,11,19H,3,6H2,1-2H3. The fourth-order valence-corrected chi connectivity index (χ4v) is 2.05. The minimum absolute atomic E-state index is 0.117. The van der Waals surface area contributed by atoms with Crippen LogP contribution in [0.2, 0.25) is 0 Å². The van der Waals surface area contributed by atoms with Crippen molar-refractivity contribution in [3.63, 3.8) is 0 Å². The molecule has 0 saturated heterocycles. The lowest BCUT2D eigenvalue weighted by molar-refractivity contribution is 0.141. The van der Waals surface area contributed by atoms with E-state index in [1.807, 2.05) is 6.92 Å². The normalized spacial score (nSPS) is 14.2. The molecule has 2 unspecified atom stereocenters. The van der Waals surface area contributed by atoms with Crippen LogP contribution >= 0.6 is 0 Å². The highest BCUT2D eigenvalue weighted by atomic mass is 19.1. The lowest BCUT2D eigenvalue weighted by atomic mass is 10.0. The second-order valence-corrected chi connectivity index (χ2v) is 4.72. The van der Waals surface area contributed by atoms with Crippen LogP contribution in [-0.4, -0.2) is 21.4 Å². The first-order valence-electron chi connectivity index (χ1n) is 6.45. The number of aromatic nitrogens is 2. The Morgan fingerprint density at radius 1 is 1.35 bits per heavy atom. The molecule has 1 aromatic heterocycles. The first kappa shape index (κ1) is 14.6. The smallest absolute Gasteiger partial charge is 0.232 e. The maximum atomic E-state index is 13.5. The summed E-state index contributed by atoms with van der Waals surface area (Å²) < 4.78 is 31.4. The molecule has 0 aliphatic carbocycles. The molecular weight excluding hydrogens is 266 g/mol. The van der Waals surface area contributed by atoms with Gasteiger partial charge in [-0.25, -0.2) is 8.78 Å². The van der Waals surface area contributed by atoms with Gasteiger partial charge in [0.25, 0.3) is 0 Å². The van der Waals surface area contributed by atoms with Gasteiger partial charge in [0.05, 0.1) is 12.0 Å². The number of benzene rings is 1. The minimum atomic E-state index is -0.640. The highest BCUT2D eigenvalue weighted by molar-refractivity contribution is 5.21. The number of hydrogen-bond donors (Lipinski definition) is 1. The zero-order chi connectivity index (χ0) is 14.7. The van der Waals surface area contributed by atoms with E-state index in [0.29, 0.717) is 23.7 Å². The maximum Gasteiger partial charge on any atom is 0.232 e. The molecule has 0 aliphatic heterocycles. The average Bonchev–Trinajstić information content (AvgIpc) is 2.81. The van der Waals surface area contributed by atoms with E-state index in [4.69, 9.17) is 4.52 Å². The lowest BCUT2D eigenvalue weighted by Gasteiger charge is -2.12. The predicted molar refractivity (Wildman–Crippen MR) is 68.2 cm³/mol. The predicted octanol–water partition coefficient (Wildman–Crippen LogP) is 2.81. The van der Waals surface area contributed by atoms with E-state index in [-0.39, 0.29) is 12.3 Å². The molecule has 6 heteroatoms. The van der Waals surface area contributed by atoms with Gasteiger partial charge in [-0.15, -0.1) is 0 Å². The van der Waals surface area contributed by atoms with Gasteiger partial charge >= 0.3 is 0 Å². The first-order valence-corrected chi connectivity index (χ1v) is 6.45. The Kier molecular flexibility index (Phi) is 4.44. The summed E-state index contributed by atoms with van der Waals surface area (Å²) in [5, 5.41) is 13.4. The van der Waals surface area contributed by atoms with E-state index in [2.05, 4.69) is 10.1 Å². The van der Waals surface area contributed by atoms with Crippen molar-refractivity contribution in [3.05, 3.63) is 47.1 Å². The van der Waals surface area contributed by atoms with Crippen LogP contribution in [0.25, 0.3) is 0 Å². The summed E-state index contributed by atoms with van der Waals surface area (Å²) in [5.41, 5.74) is 0.295. The van der Waals surface area contributed by atoms with E-state index in [9.17, 15) is 13.9 Å². The van der Waals surface area contributed by atoms with Crippen LogP contribution in [0.4, 0.5) is 8.78 Å². The number of aliphatic hydroxyl groups is 1. The van der Waals surface area contributed by atoms with Crippen LogP contribution in [0, 0.1) is 11.6 Å². The van der Waals surface area contributed by atoms with Crippen LogP contribution < -0.4 is 0 Å². The Morgan fingerprint density at radius 3 is 2.70 bits per heavy atom. The van der Waals surface area contributed by atoms with E-state index in [0.717, 1.165) is 6.07 Å². The summed E-state index contributed by atoms with van der Waals surface area (Å²) in [6.07, 6.45) is 0.173. The molecule has 1 aromatic carbocycles. The summed E-state index contributed by atoms with van der Waals surface area (Å²) in [6.45, 7) is 3.55. The molecule has 0 saturated carbocycles. The molecule has 108 valence electrons. The van der Waals surface area contributed by atoms with Crippen molar-refractivity contribution in [3.8, 4) is 0 Å². The zero-order valence-electron chi connectivity index (χ0n) is 11.3. The molecule has 0 aliphatic rings. The van der Waals surface area contributed by atoms with E-state index in [1.165, 1.54) is 12.1 Å². The van der Waals surface area contributed by atoms with E-state index >= 15 is 0 Å². The van der Waals surface area contributed by atoms with Crippen LogP contribution in [-0.2, 0) is 6.42 Å². The second kappa shape index (κ2) is 6.09. The summed E-state index contributed by atoms with van der Waals surface area (Å²) in [7, 11) is 0. The Hall–Kier alpha value is -1.82. The fourth-order valence-electron chi connectivity index (χ4n) is 2.05. The fraction of sp³-hybridized carbons (Fsp3) is 0.429. The van der Waals surface area contributed by atoms with Crippen molar-refractivity contribution >= 4 is 0 Å². The van der Waals surface area contributed by atoms with Crippen molar-refractivity contribution in [1.29, 1.82) is 0 Å². The molecule has 0 fully saturated rings. The second-order valence-electron chi connectivity index (χ2n) is 4.72. The summed E-state index contributed by atoms with van der Waals surface area (Å²) in [6, 6.07) is 3.36. The number of hydrogen-bond acceptors (Lipinski definition) is 4. The van der Waals surface area contributed by atoms with Gasteiger partial charge in [-0.2, -0.15) is 4.98 Å². The zero-order valence-corrected chi connectivity index (χ0v) is 11.3. The van der Waals surface area contributed by atoms with Crippen molar-refractivity contribution in [2.24, 2.45) is 0 Å². The molecular formula is C14H16F2N2O2. The number of rotatable bonds is 5.